The summed E-state index contributed by atoms with van der Waals surface area (Å²) in [5, 5.41) is 3.48. The second-order valence-corrected chi connectivity index (χ2v) is 39.1. The van der Waals surface area contributed by atoms with E-state index in [1.165, 1.54) is 103 Å². The summed E-state index contributed by atoms with van der Waals surface area (Å²) < 4.78 is 210. The summed E-state index contributed by atoms with van der Waals surface area (Å²) in [6.07, 6.45) is -2.45. The van der Waals surface area contributed by atoms with Crippen LogP contribution in [0.15, 0.2) is 174 Å². The second-order valence-electron chi connectivity index (χ2n) is 27.0. The number of rotatable bonds is 27. The molecule has 0 radical (unpaired) electrons. The molecule has 0 aliphatic carbocycles. The van der Waals surface area contributed by atoms with E-state index < -0.39 is 106 Å². The van der Waals surface area contributed by atoms with Crippen LogP contribution in [0.25, 0.3) is 22.5 Å². The molecule has 1 aliphatic rings. The molecule has 8 heterocycles. The van der Waals surface area contributed by atoms with Crippen molar-refractivity contribution in [2.45, 2.75) is 125 Å². The number of H-pyrrole nitrogens is 1. The lowest BCUT2D eigenvalue weighted by molar-refractivity contribution is -0.148. The summed E-state index contributed by atoms with van der Waals surface area (Å²) in [5.74, 6) is 1.13. The number of Topliss-reactive ketones (excluding diaryl/α,β-unsaturated/α-hetero) is 1. The molecule has 1 saturated heterocycles. The van der Waals surface area contributed by atoms with Crippen LogP contribution in [-0.2, 0) is 57.7 Å². The largest absolute Gasteiger partial charge is 0.496 e. The highest BCUT2D eigenvalue weighted by Gasteiger charge is 2.52. The van der Waals surface area contributed by atoms with Gasteiger partial charge in [-0.1, -0.05) is 82.9 Å². The van der Waals surface area contributed by atoms with Gasteiger partial charge in [0, 0.05) is 66.3 Å². The minimum absolute atomic E-state index is 0.0354. The number of benzene rings is 3. The van der Waals surface area contributed by atoms with Crippen molar-refractivity contribution in [1.29, 1.82) is 5.41 Å². The normalized spacial score (nSPS) is 12.2. The number of amidine groups is 1. The van der Waals surface area contributed by atoms with Gasteiger partial charge in [0.25, 0.3) is 54.4 Å². The van der Waals surface area contributed by atoms with Crippen LogP contribution in [0, 0.1) is 5.41 Å². The maximum absolute atomic E-state index is 13.2. The van der Waals surface area contributed by atoms with Gasteiger partial charge in [-0.15, -0.1) is 0 Å². The highest BCUT2D eigenvalue weighted by atomic mass is 36.0. The van der Waals surface area contributed by atoms with Gasteiger partial charge in [-0.25, -0.2) is 87.2 Å². The van der Waals surface area contributed by atoms with Gasteiger partial charge < -0.3 is 66.9 Å². The van der Waals surface area contributed by atoms with E-state index in [4.69, 9.17) is 60.5 Å². The van der Waals surface area contributed by atoms with Gasteiger partial charge in [-0.05, 0) is 176 Å². The molecule has 3 aromatic carbocycles. The van der Waals surface area contributed by atoms with E-state index in [-0.39, 0.29) is 84.8 Å². The molecule has 52 heteroatoms. The Morgan fingerprint density at radius 1 is 0.530 bits per heavy atom. The van der Waals surface area contributed by atoms with Gasteiger partial charge in [-0.2, -0.15) is 0 Å². The smallest absolute Gasteiger partial charge is 0.493 e. The number of ketones is 1. The average Bonchev–Trinajstić information content (AvgIpc) is 1.59. The lowest BCUT2D eigenvalue weighted by Crippen LogP contribution is -2.41. The maximum Gasteiger partial charge on any atom is 0.496 e. The molecule has 0 saturated carbocycles. The first-order valence-corrected chi connectivity index (χ1v) is 49.0. The second kappa shape index (κ2) is 54.4. The fourth-order valence-electron chi connectivity index (χ4n) is 10.3. The van der Waals surface area contributed by atoms with Crippen molar-refractivity contribution in [2.75, 3.05) is 80.5 Å². The molecule has 0 atom stereocenters. The molecule has 1 fully saturated rings. The quantitative estimate of drug-likeness (QED) is 0.00411. The van der Waals surface area contributed by atoms with Crippen LogP contribution in [0.3, 0.4) is 0 Å². The van der Waals surface area contributed by atoms with Crippen LogP contribution in [0.2, 0.25) is 5.15 Å². The van der Waals surface area contributed by atoms with E-state index in [1.807, 2.05) is 52.0 Å². The molecule has 7 aromatic heterocycles. The monoisotopic (exact) mass is 2050 g/mol. The molecule has 31 nitrogen and oxygen atoms in total. The number of esters is 1. The number of carbonyl (C=O) groups is 2. The Kier molecular flexibility index (Phi) is 47.2. The number of alkyl halides is 10. The molecule has 1 aliphatic heterocycles. The molecule has 718 valence electrons. The fraction of sp³-hybridized carbons (Fsp3) is 0.350. The third-order valence-electron chi connectivity index (χ3n) is 17.2. The maximum atomic E-state index is 13.2. The van der Waals surface area contributed by atoms with Crippen LogP contribution >= 0.6 is 97.6 Å². The van der Waals surface area contributed by atoms with Crippen molar-refractivity contribution >= 4 is 137 Å². The average molecular weight is 2050 g/mol. The number of methoxy groups -OCH3 is 6. The summed E-state index contributed by atoms with van der Waals surface area (Å²) in [6.45, 7) is 10.5. The molecular weight excluding hydrogens is 1960 g/mol. The number of aromatic amines is 1. The van der Waals surface area contributed by atoms with Crippen molar-refractivity contribution in [1.82, 2.24) is 53.6 Å². The summed E-state index contributed by atoms with van der Waals surface area (Å²) in [7, 11) is 4.83. The molecule has 0 amide bonds. The van der Waals surface area contributed by atoms with Gasteiger partial charge in [-0.3, -0.25) is 38.7 Å². The molecular formula is C80H89BCl4F10N13O18PS5. The van der Waals surface area contributed by atoms with Crippen LogP contribution in [0.5, 0.6) is 34.5 Å². The standard InChI is InChI=1S/C20H26BNO5.C20H19F2N3O5S.C20H19F2N3O3S.C6H5ClF2N2S.C6H6F2N2OS.C6H8F2O3.C2H6N2S.Cl3OP/c1-19(2)20(3,4)27-21(26-19)15-8-10-18(23)22(13-15)12-14-7-9-16(24-5)17(11-14)25-6;1-29-16-6-4-12(8-17(16)30-2)10-25-11-13(5-7-18(25)26)14-9-15(19(21)22)24-20(23-14)31(3,27)28;1-27-16-6-4-12(8-17(16)28-2)10-25-11-13(5-7-18(25)26)14-9-15(19(21)22)24-20(23-14)29-3;1-12-6-10-3(5(8)9)2-4(7)11-6;1-12-6-9-3(5(7)8)2-4(11)10-6;1-2-11-5(10)3-4(9)6(7)8;1-5-2(3)4;1-5(2,3)4/h7-11,13H,12H2,1-6H3;4-9,11,19H,10H2,1-3H3;4-9,11,19H,10H2,1-3H3;2,5H,1H3;2,5H,1H3,(H,9,10,11);6H,2-3H2,1H3;1H3,(H3,3,4);. The zero-order chi connectivity index (χ0) is 99.5. The number of carbonyl (C=O) groups excluding carboxylic acids is 2. The van der Waals surface area contributed by atoms with Crippen LogP contribution in [0.4, 0.5) is 43.9 Å². The van der Waals surface area contributed by atoms with Crippen LogP contribution < -0.4 is 61.9 Å². The highest BCUT2D eigenvalue weighted by Crippen LogP contribution is 2.61. The van der Waals surface area contributed by atoms with Gasteiger partial charge in [0.1, 0.15) is 34.3 Å². The van der Waals surface area contributed by atoms with E-state index in [0.29, 0.717) is 52.3 Å². The summed E-state index contributed by atoms with van der Waals surface area (Å²) in [4.78, 5) is 96.9. The number of hydrogen-bond acceptors (Lipinski definition) is 30. The number of thioether (sulfide) groups is 4. The molecule has 0 unspecified atom stereocenters. The van der Waals surface area contributed by atoms with Gasteiger partial charge >= 0.3 is 18.3 Å². The number of aromatic nitrogens is 11. The number of nitrogens with zero attached hydrogens (tertiary/aromatic N) is 10. The summed E-state index contributed by atoms with van der Waals surface area (Å²) >= 11 is 24.0. The van der Waals surface area contributed by atoms with E-state index in [9.17, 15) is 85.7 Å². The minimum atomic E-state index is -3.92. The highest BCUT2D eigenvalue weighted by molar-refractivity contribution is 8.24. The number of sulfone groups is 1. The van der Waals surface area contributed by atoms with Crippen molar-refractivity contribution in [3.05, 3.63) is 220 Å². The molecule has 10 aromatic rings. The Morgan fingerprint density at radius 2 is 0.894 bits per heavy atom. The van der Waals surface area contributed by atoms with Gasteiger partial charge in [0.15, 0.2) is 55.1 Å². The SMILES string of the molecule is CCOC(=O)CC(=O)C(F)F.COc1ccc(Cn2cc(-c3cc(C(F)F)nc(S(C)(=O)=O)n3)ccc2=O)cc1OC.COc1ccc(Cn2cc(-c3cc(C(F)F)nc(SC)n3)ccc2=O)cc1OC.COc1ccc(Cn2cc(B3OC(C)(C)C(C)(C)O3)ccc2=O)cc1OC.CSC(=N)N.CSc1nc(C(F)F)cc(=O)[nH]1.CSc1nc(Cl)cc(C(F)F)n1.O=P(Cl)(Cl)Cl. The zero-order valence-corrected chi connectivity index (χ0v) is 80.9. The first-order valence-electron chi connectivity index (χ1n) is 37.4. The Balaban J connectivity index is 0.000000337. The topological polar surface area (TPSA) is 407 Å². The van der Waals surface area contributed by atoms with Crippen LogP contribution in [0.1, 0.15) is 106 Å². The van der Waals surface area contributed by atoms with Crippen LogP contribution in [-0.4, -0.2) is 184 Å². The Morgan fingerprint density at radius 3 is 1.25 bits per heavy atom. The third kappa shape index (κ3) is 37.8. The number of nitrogens with one attached hydrogen (secondary N) is 2. The number of nitrogens with two attached hydrogens (primary N) is 1. The molecule has 132 heavy (non-hydrogen) atoms. The molecule has 11 rings (SSSR count). The first-order chi connectivity index (χ1) is 61.8. The Bertz CT molecular complexity index is 5950. The number of ether oxygens (including phenoxy) is 7. The van der Waals surface area contributed by atoms with Gasteiger partial charge in [0.05, 0.1) is 91.5 Å². The predicted molar refractivity (Wildman–Crippen MR) is 489 cm³/mol. The third-order valence-corrected chi connectivity index (χ3v) is 20.4. The fourth-order valence-corrected chi connectivity index (χ4v) is 12.3. The zero-order valence-electron chi connectivity index (χ0n) is 72.9. The number of hydrogen-bond donors (Lipinski definition) is 3. The Labute approximate surface area is 787 Å². The van der Waals surface area contributed by atoms with E-state index in [2.05, 4.69) is 78.3 Å². The number of pyridine rings is 3. The predicted octanol–water partition coefficient (Wildman–Crippen LogP) is 17.0. The Hall–Kier alpha value is -9.94. The summed E-state index contributed by atoms with van der Waals surface area (Å²) in [5.41, 5.74) is 5.31. The molecule has 0 bridgehead atoms. The van der Waals surface area contributed by atoms with Crippen molar-refractivity contribution in [3.8, 4) is 57.0 Å². The van der Waals surface area contributed by atoms with Crippen molar-refractivity contribution in [3.63, 3.8) is 0 Å². The first kappa shape index (κ1) is 114. The summed E-state index contributed by atoms with van der Waals surface area (Å²) in [6, 6.07) is 29.1. The van der Waals surface area contributed by atoms with E-state index in [0.717, 1.165) is 58.4 Å². The van der Waals surface area contributed by atoms with Crippen molar-refractivity contribution in [2.24, 2.45) is 5.73 Å². The van der Waals surface area contributed by atoms with Crippen molar-refractivity contribution < 1.29 is 109 Å². The molecule has 4 N–H and O–H groups in total. The minimum Gasteiger partial charge on any atom is -0.493 e. The van der Waals surface area contributed by atoms with E-state index >= 15 is 0 Å². The lowest BCUT2D eigenvalue weighted by atomic mass is 9.80. The lowest BCUT2D eigenvalue weighted by Gasteiger charge is -2.32. The number of halogens is 14. The van der Waals surface area contributed by atoms with E-state index in [1.54, 1.807) is 112 Å². The van der Waals surface area contributed by atoms with Gasteiger partial charge in [0.2, 0.25) is 20.8 Å². The molecule has 0 spiro atoms.